The van der Waals surface area contributed by atoms with Crippen molar-refractivity contribution in [3.8, 4) is 0 Å². The minimum Gasteiger partial charge on any atom is -0.399 e. The predicted octanol–water partition coefficient (Wildman–Crippen LogP) is 1.85. The van der Waals surface area contributed by atoms with Gasteiger partial charge in [0.15, 0.2) is 5.76 Å². The van der Waals surface area contributed by atoms with Gasteiger partial charge in [0.2, 0.25) is 5.91 Å². The minimum atomic E-state index is -0.631. The Morgan fingerprint density at radius 3 is 2.58 bits per heavy atom. The molecule has 0 saturated carbocycles. The third-order valence-corrected chi connectivity index (χ3v) is 3.11. The van der Waals surface area contributed by atoms with Crippen molar-refractivity contribution in [1.29, 1.82) is 0 Å². The number of anilines is 1. The molecule has 1 heterocycles. The summed E-state index contributed by atoms with van der Waals surface area (Å²) in [6.07, 6.45) is 1.55. The van der Waals surface area contributed by atoms with E-state index in [9.17, 15) is 4.79 Å². The molecule has 3 N–H and O–H groups in total. The molecule has 1 amide bonds. The first-order chi connectivity index (χ1) is 9.00. The van der Waals surface area contributed by atoms with Gasteiger partial charge >= 0.3 is 0 Å². The minimum absolute atomic E-state index is 0.0753. The lowest BCUT2D eigenvalue weighted by Crippen LogP contribution is -2.39. The van der Waals surface area contributed by atoms with Gasteiger partial charge in [-0.1, -0.05) is 17.3 Å². The molecule has 1 aromatic carbocycles. The monoisotopic (exact) mass is 259 g/mol. The number of rotatable bonds is 4. The molecule has 0 bridgehead atoms. The predicted molar refractivity (Wildman–Crippen MR) is 72.2 cm³/mol. The van der Waals surface area contributed by atoms with Crippen LogP contribution >= 0.6 is 0 Å². The van der Waals surface area contributed by atoms with Gasteiger partial charge in [-0.05, 0) is 31.5 Å². The first-order valence-corrected chi connectivity index (χ1v) is 6.04. The highest BCUT2D eigenvalue weighted by Gasteiger charge is 2.29. The lowest BCUT2D eigenvalue weighted by Gasteiger charge is -2.24. The number of amides is 1. The first-order valence-electron chi connectivity index (χ1n) is 6.04. The van der Waals surface area contributed by atoms with Crippen LogP contribution in [0.4, 0.5) is 5.69 Å². The number of benzene rings is 1. The number of hydrogen-bond acceptors (Lipinski definition) is 4. The van der Waals surface area contributed by atoms with Gasteiger partial charge in [0, 0.05) is 11.8 Å². The Morgan fingerprint density at radius 2 is 2.00 bits per heavy atom. The highest BCUT2D eigenvalue weighted by Crippen LogP contribution is 2.24. The van der Waals surface area contributed by atoms with E-state index in [0.29, 0.717) is 18.0 Å². The van der Waals surface area contributed by atoms with Gasteiger partial charge < -0.3 is 15.6 Å². The maximum Gasteiger partial charge on any atom is 0.230 e. The van der Waals surface area contributed by atoms with Crippen molar-refractivity contribution in [1.82, 2.24) is 10.5 Å². The van der Waals surface area contributed by atoms with E-state index in [1.165, 1.54) is 0 Å². The van der Waals surface area contributed by atoms with Crippen LogP contribution in [0, 0.1) is 0 Å². The van der Waals surface area contributed by atoms with Crippen LogP contribution in [0.15, 0.2) is 41.1 Å². The molecule has 5 nitrogen and oxygen atoms in total. The van der Waals surface area contributed by atoms with E-state index in [-0.39, 0.29) is 5.91 Å². The van der Waals surface area contributed by atoms with Crippen molar-refractivity contribution in [2.45, 2.75) is 25.8 Å². The van der Waals surface area contributed by atoms with Crippen molar-refractivity contribution in [3.05, 3.63) is 47.9 Å². The van der Waals surface area contributed by atoms with Gasteiger partial charge in [0.1, 0.15) is 0 Å². The summed E-state index contributed by atoms with van der Waals surface area (Å²) in [5.74, 6) is 0.551. The SMILES string of the molecule is CC(C)(C(=O)NCc1ccno1)c1ccc(N)cc1. The smallest absolute Gasteiger partial charge is 0.230 e. The molecule has 19 heavy (non-hydrogen) atoms. The van der Waals surface area contributed by atoms with E-state index in [1.54, 1.807) is 24.4 Å². The molecule has 1 aromatic heterocycles. The average molecular weight is 259 g/mol. The van der Waals surface area contributed by atoms with E-state index >= 15 is 0 Å². The molecule has 0 aliphatic carbocycles. The van der Waals surface area contributed by atoms with Gasteiger partial charge in [0.05, 0.1) is 18.2 Å². The van der Waals surface area contributed by atoms with Crippen LogP contribution < -0.4 is 11.1 Å². The Bertz CT molecular complexity index is 545. The molecule has 5 heteroatoms. The molecule has 0 spiro atoms. The maximum atomic E-state index is 12.2. The quantitative estimate of drug-likeness (QED) is 0.821. The second-order valence-electron chi connectivity index (χ2n) is 4.91. The fourth-order valence-corrected chi connectivity index (χ4v) is 1.75. The Kier molecular flexibility index (Phi) is 3.55. The summed E-state index contributed by atoms with van der Waals surface area (Å²) in [6, 6.07) is 9.03. The third kappa shape index (κ3) is 2.93. The van der Waals surface area contributed by atoms with Crippen LogP contribution in [0.3, 0.4) is 0 Å². The standard InChI is InChI=1S/C14H17N3O2/c1-14(2,10-3-5-11(15)6-4-10)13(18)16-9-12-7-8-17-19-12/h3-8H,9,15H2,1-2H3,(H,16,18). The van der Waals surface area contributed by atoms with Gasteiger partial charge in [-0.2, -0.15) is 0 Å². The first kappa shape index (κ1) is 13.1. The summed E-state index contributed by atoms with van der Waals surface area (Å²) in [5, 5.41) is 6.42. The number of carbonyl (C=O) groups is 1. The topological polar surface area (TPSA) is 81.2 Å². The van der Waals surface area contributed by atoms with Crippen LogP contribution in [0.2, 0.25) is 0 Å². The van der Waals surface area contributed by atoms with E-state index in [2.05, 4.69) is 10.5 Å². The van der Waals surface area contributed by atoms with Crippen LogP contribution in [-0.2, 0) is 16.8 Å². The van der Waals surface area contributed by atoms with Gasteiger partial charge in [-0.25, -0.2) is 0 Å². The Morgan fingerprint density at radius 1 is 1.32 bits per heavy atom. The molecular weight excluding hydrogens is 242 g/mol. The lowest BCUT2D eigenvalue weighted by molar-refractivity contribution is -0.125. The molecule has 0 fully saturated rings. The van der Waals surface area contributed by atoms with Crippen molar-refractivity contribution >= 4 is 11.6 Å². The Labute approximate surface area is 111 Å². The molecule has 0 unspecified atom stereocenters. The van der Waals surface area contributed by atoms with E-state index in [0.717, 1.165) is 5.56 Å². The molecule has 0 aliphatic heterocycles. The molecule has 0 atom stereocenters. The van der Waals surface area contributed by atoms with Gasteiger partial charge in [-0.15, -0.1) is 0 Å². The van der Waals surface area contributed by atoms with Crippen LogP contribution in [0.25, 0.3) is 0 Å². The summed E-state index contributed by atoms with van der Waals surface area (Å²) in [5.41, 5.74) is 6.61. The summed E-state index contributed by atoms with van der Waals surface area (Å²) >= 11 is 0. The Hall–Kier alpha value is -2.30. The summed E-state index contributed by atoms with van der Waals surface area (Å²) < 4.78 is 4.94. The maximum absolute atomic E-state index is 12.2. The molecule has 0 radical (unpaired) electrons. The number of aromatic nitrogens is 1. The number of nitrogens with two attached hydrogens (primary N) is 1. The number of nitrogens with one attached hydrogen (secondary N) is 1. The third-order valence-electron chi connectivity index (χ3n) is 3.11. The van der Waals surface area contributed by atoms with Crippen molar-refractivity contribution < 1.29 is 9.32 Å². The van der Waals surface area contributed by atoms with Crippen molar-refractivity contribution in [2.24, 2.45) is 0 Å². The zero-order chi connectivity index (χ0) is 13.9. The van der Waals surface area contributed by atoms with E-state index in [1.807, 2.05) is 26.0 Å². The van der Waals surface area contributed by atoms with E-state index in [4.69, 9.17) is 10.3 Å². The Balaban J connectivity index is 2.06. The van der Waals surface area contributed by atoms with Gasteiger partial charge in [-0.3, -0.25) is 4.79 Å². The number of hydrogen-bond donors (Lipinski definition) is 2. The summed E-state index contributed by atoms with van der Waals surface area (Å²) in [7, 11) is 0. The number of nitrogen functional groups attached to an aromatic ring is 1. The summed E-state index contributed by atoms with van der Waals surface area (Å²) in [4.78, 5) is 12.2. The normalized spacial score (nSPS) is 11.3. The van der Waals surface area contributed by atoms with Crippen LogP contribution in [0.5, 0.6) is 0 Å². The fourth-order valence-electron chi connectivity index (χ4n) is 1.75. The molecule has 100 valence electrons. The van der Waals surface area contributed by atoms with Crippen LogP contribution in [0.1, 0.15) is 25.2 Å². The van der Waals surface area contributed by atoms with Crippen molar-refractivity contribution in [3.63, 3.8) is 0 Å². The van der Waals surface area contributed by atoms with Crippen molar-refractivity contribution in [2.75, 3.05) is 5.73 Å². The highest BCUT2D eigenvalue weighted by molar-refractivity contribution is 5.87. The zero-order valence-corrected chi connectivity index (χ0v) is 11.0. The van der Waals surface area contributed by atoms with E-state index < -0.39 is 5.41 Å². The highest BCUT2D eigenvalue weighted by atomic mass is 16.5. The lowest BCUT2D eigenvalue weighted by atomic mass is 9.83. The second-order valence-corrected chi connectivity index (χ2v) is 4.91. The average Bonchev–Trinajstić information content (AvgIpc) is 2.89. The largest absolute Gasteiger partial charge is 0.399 e. The molecule has 0 aliphatic rings. The van der Waals surface area contributed by atoms with Crippen LogP contribution in [-0.4, -0.2) is 11.1 Å². The summed E-state index contributed by atoms with van der Waals surface area (Å²) in [6.45, 7) is 4.07. The molecule has 0 saturated heterocycles. The zero-order valence-electron chi connectivity index (χ0n) is 11.0. The van der Waals surface area contributed by atoms with Gasteiger partial charge in [0.25, 0.3) is 0 Å². The molecule has 2 rings (SSSR count). The fraction of sp³-hybridized carbons (Fsp3) is 0.286. The molecular formula is C14H17N3O2. The molecule has 2 aromatic rings. The second kappa shape index (κ2) is 5.14. The number of nitrogens with zero attached hydrogens (tertiary/aromatic N) is 1. The number of carbonyl (C=O) groups excluding carboxylic acids is 1.